The average Bonchev–Trinajstić information content (AvgIpc) is 3.61. The number of amides is 3. The molecule has 6 unspecified atom stereocenters. The Morgan fingerprint density at radius 3 is 1.96 bits per heavy atom. The zero-order valence-corrected chi connectivity index (χ0v) is 47.9. The summed E-state index contributed by atoms with van der Waals surface area (Å²) in [6, 6.07) is 31.9. The van der Waals surface area contributed by atoms with Crippen molar-refractivity contribution in [2.24, 2.45) is 11.3 Å². The smallest absolute Gasteiger partial charge is 0.430 e. The molecule has 2 heterocycles. The van der Waals surface area contributed by atoms with E-state index in [-0.39, 0.29) is 34.4 Å². The van der Waals surface area contributed by atoms with E-state index in [1.807, 2.05) is 81.7 Å². The van der Waals surface area contributed by atoms with Crippen molar-refractivity contribution in [3.8, 4) is 0 Å². The number of carboxylic acids is 1. The van der Waals surface area contributed by atoms with E-state index in [4.69, 9.17) is 9.90 Å². The predicted molar refractivity (Wildman–Crippen MR) is 302 cm³/mol. The van der Waals surface area contributed by atoms with Crippen LogP contribution in [0.1, 0.15) is 162 Å². The van der Waals surface area contributed by atoms with Gasteiger partial charge in [0.25, 0.3) is 0 Å². The largest absolute Gasteiger partial charge is 0.542 e. The number of benzene rings is 5. The van der Waals surface area contributed by atoms with E-state index < -0.39 is 63.1 Å². The number of rotatable bonds is 26. The quantitative estimate of drug-likeness (QED) is 0.0203. The summed E-state index contributed by atoms with van der Waals surface area (Å²) in [4.78, 5) is 51.4. The number of alkyl halides is 3. The Morgan fingerprint density at radius 2 is 1.37 bits per heavy atom. The minimum absolute atomic E-state index is 0.0343. The van der Waals surface area contributed by atoms with Gasteiger partial charge in [-0.05, 0) is 121 Å². The number of aliphatic carboxylic acids is 1. The lowest BCUT2D eigenvalue weighted by Gasteiger charge is -2.48. The van der Waals surface area contributed by atoms with Crippen molar-refractivity contribution in [1.82, 2.24) is 5.32 Å². The van der Waals surface area contributed by atoms with Crippen molar-refractivity contribution in [2.75, 3.05) is 30.1 Å². The van der Waals surface area contributed by atoms with Crippen LogP contribution in [0.2, 0.25) is 0 Å². The number of carbonyl (C=O) groups excluding carboxylic acids is 4. The Labute approximate surface area is 478 Å². The molecule has 13 nitrogen and oxygen atoms in total. The van der Waals surface area contributed by atoms with Gasteiger partial charge in [-0.1, -0.05) is 114 Å². The maximum atomic E-state index is 14.1. The maximum Gasteiger partial charge on any atom is 0.430 e. The highest BCUT2D eigenvalue weighted by atomic mass is 32.2. The Kier molecular flexibility index (Phi) is 23.3. The van der Waals surface area contributed by atoms with E-state index in [2.05, 4.69) is 17.6 Å². The molecule has 5 N–H and O–H groups in total. The molecular weight excluding hydrogens is 1080 g/mol. The normalized spacial score (nSPS) is 19.7. The van der Waals surface area contributed by atoms with Crippen LogP contribution in [0.15, 0.2) is 120 Å². The molecule has 5 aromatic rings. The fraction of sp³-hybridized carbons (Fsp3) is 0.460. The fourth-order valence-corrected chi connectivity index (χ4v) is 13.4. The highest BCUT2D eigenvalue weighted by molar-refractivity contribution is 7.91. The number of quaternary nitrogens is 1. The van der Waals surface area contributed by atoms with E-state index >= 15 is 0 Å². The SMILES string of the molecule is CCCCC1(CC)CS(=O)(=O)c2ccc([NH+](C)C)cc2C(c2cccc(NC(=O)CCCCCCCCCCC(=O)NCc3cccc(C4C(CCC(O)c5ccc(F)cc5)C(=O)N4c4ccc(F)cc4)c3)c2)C1O.O=C([O-])C(F)(F)F. The van der Waals surface area contributed by atoms with Gasteiger partial charge in [-0.2, -0.15) is 13.2 Å². The number of carboxylic acid groups (broad SMARTS) is 1. The number of nitrogens with zero attached hydrogens (tertiary/aromatic N) is 1. The Bertz CT molecular complexity index is 3050. The molecule has 3 amide bonds. The minimum Gasteiger partial charge on any atom is -0.542 e. The summed E-state index contributed by atoms with van der Waals surface area (Å²) in [5, 5.41) is 38.1. The highest BCUT2D eigenvalue weighted by Gasteiger charge is 2.50. The molecule has 444 valence electrons. The van der Waals surface area contributed by atoms with Crippen molar-refractivity contribution in [3.05, 3.63) is 155 Å². The van der Waals surface area contributed by atoms with Crippen LogP contribution < -0.4 is 25.5 Å². The number of β-lactam (4-membered cyclic amide) rings is 1. The number of sulfone groups is 1. The predicted octanol–water partition coefficient (Wildman–Crippen LogP) is 10.3. The van der Waals surface area contributed by atoms with Crippen LogP contribution in [0.5, 0.6) is 0 Å². The molecule has 2 aliphatic heterocycles. The maximum absolute atomic E-state index is 14.1. The molecule has 0 aromatic heterocycles. The number of carbonyl (C=O) groups is 4. The highest BCUT2D eigenvalue weighted by Crippen LogP contribution is 2.50. The van der Waals surface area contributed by atoms with Crippen LogP contribution in [0.4, 0.5) is 39.0 Å². The van der Waals surface area contributed by atoms with Crippen LogP contribution >= 0.6 is 0 Å². The lowest BCUT2D eigenvalue weighted by molar-refractivity contribution is -0.786. The molecule has 19 heteroatoms. The average molecular weight is 1160 g/mol. The monoisotopic (exact) mass is 1160 g/mol. The van der Waals surface area contributed by atoms with E-state index in [0.717, 1.165) is 91.5 Å². The van der Waals surface area contributed by atoms with Crippen molar-refractivity contribution in [2.45, 2.75) is 158 Å². The van der Waals surface area contributed by atoms with Gasteiger partial charge in [0, 0.05) is 54.2 Å². The first-order valence-corrected chi connectivity index (χ1v) is 30.0. The number of unbranched alkanes of at least 4 members (excludes halogenated alkanes) is 8. The number of aliphatic hydroxyl groups excluding tert-OH is 2. The molecule has 6 atom stereocenters. The van der Waals surface area contributed by atoms with Gasteiger partial charge >= 0.3 is 6.18 Å². The number of halogens is 5. The summed E-state index contributed by atoms with van der Waals surface area (Å²) >= 11 is 0. The third kappa shape index (κ3) is 17.3. The summed E-state index contributed by atoms with van der Waals surface area (Å²) in [6.07, 6.45) is 4.79. The second-order valence-electron chi connectivity index (χ2n) is 21.9. The van der Waals surface area contributed by atoms with Gasteiger partial charge in [-0.25, -0.2) is 17.2 Å². The lowest BCUT2D eigenvalue weighted by Crippen LogP contribution is -3.00. The van der Waals surface area contributed by atoms with Crippen LogP contribution in [0.3, 0.4) is 0 Å². The van der Waals surface area contributed by atoms with Crippen LogP contribution in [0.25, 0.3) is 0 Å². The van der Waals surface area contributed by atoms with Crippen molar-refractivity contribution in [3.63, 3.8) is 0 Å². The zero-order valence-electron chi connectivity index (χ0n) is 47.1. The summed E-state index contributed by atoms with van der Waals surface area (Å²) in [7, 11) is 0.278. The van der Waals surface area contributed by atoms with Crippen molar-refractivity contribution < 1.29 is 69.8 Å². The van der Waals surface area contributed by atoms with E-state index in [1.54, 1.807) is 35.2 Å². The zero-order chi connectivity index (χ0) is 59.8. The number of nitrogens with one attached hydrogen (secondary N) is 3. The number of anilines is 2. The number of hydrogen-bond donors (Lipinski definition) is 5. The van der Waals surface area contributed by atoms with Crippen LogP contribution in [0, 0.1) is 23.0 Å². The van der Waals surface area contributed by atoms with Gasteiger partial charge < -0.3 is 40.5 Å². The van der Waals surface area contributed by atoms with Gasteiger partial charge in [-0.3, -0.25) is 14.4 Å². The molecule has 0 bridgehead atoms. The molecule has 5 aromatic carbocycles. The molecule has 0 radical (unpaired) electrons. The molecule has 7 rings (SSSR count). The van der Waals surface area contributed by atoms with E-state index in [1.165, 1.54) is 24.3 Å². The topological polar surface area (TPSA) is 198 Å². The Hall–Kier alpha value is -6.54. The molecule has 82 heavy (non-hydrogen) atoms. The summed E-state index contributed by atoms with van der Waals surface area (Å²) in [6.45, 7) is 4.38. The first-order valence-electron chi connectivity index (χ1n) is 28.4. The Balaban J connectivity index is 0.00000145. The number of fused-ring (bicyclic) bond motifs is 1. The molecule has 0 aliphatic carbocycles. The third-order valence-electron chi connectivity index (χ3n) is 15.8. The first-order chi connectivity index (χ1) is 39.0. The first kappa shape index (κ1) is 64.6. The fourth-order valence-electron chi connectivity index (χ4n) is 11.2. The molecule has 2 aliphatic rings. The van der Waals surface area contributed by atoms with Crippen LogP contribution in [-0.4, -0.2) is 74.5 Å². The number of aliphatic hydroxyl groups is 2. The van der Waals surface area contributed by atoms with Gasteiger partial charge in [0.2, 0.25) is 17.7 Å². The van der Waals surface area contributed by atoms with E-state index in [0.29, 0.717) is 67.6 Å². The summed E-state index contributed by atoms with van der Waals surface area (Å²) in [5.41, 5.74) is 5.01. The molecule has 0 saturated carbocycles. The molecule has 1 saturated heterocycles. The van der Waals surface area contributed by atoms with Gasteiger partial charge in [0.1, 0.15) is 23.3 Å². The second-order valence-corrected chi connectivity index (χ2v) is 23.9. The Morgan fingerprint density at radius 1 is 0.780 bits per heavy atom. The van der Waals surface area contributed by atoms with Gasteiger partial charge in [-0.15, -0.1) is 0 Å². The summed E-state index contributed by atoms with van der Waals surface area (Å²) < 4.78 is 87.0. The minimum atomic E-state index is -5.19. The molecule has 0 spiro atoms. The van der Waals surface area contributed by atoms with Crippen molar-refractivity contribution >= 4 is 50.6 Å². The molecule has 1 fully saturated rings. The van der Waals surface area contributed by atoms with E-state index in [9.17, 15) is 55.0 Å². The number of hydrogen-bond acceptors (Lipinski definition) is 9. The van der Waals surface area contributed by atoms with Gasteiger partial charge in [0.15, 0.2) is 9.84 Å². The standard InChI is InChI=1S/C61H76F2N4O7S.C2HF3O2/c1-5-7-36-61(6-2)41-75(73,74)54-35-32-50(66(3)4)39-52(54)57(59(61)71)44-19-17-21-48(38-44)65-56(70)23-15-13-11-9-8-10-12-14-22-55(69)64-40-42-18-16-20-45(37-42)58-51(33-34-53(68)43-24-26-46(62)27-25-43)60(72)67(58)49-30-28-47(63)29-31-49;3-2(4,5)1(6)7/h16-21,24-32,35,37-39,51,53,57-59,68,71H,5-15,22-23,33-34,36,40-41H2,1-4H3,(H,64,69)(H,65,70);(H,6,7). The lowest BCUT2D eigenvalue weighted by atomic mass is 9.69. The summed E-state index contributed by atoms with van der Waals surface area (Å²) in [5.74, 6) is -5.19. The molecular formula is C63H77F5N4O9S. The second kappa shape index (κ2) is 29.6. The van der Waals surface area contributed by atoms with Gasteiger partial charge in [0.05, 0.1) is 48.9 Å². The van der Waals surface area contributed by atoms with Crippen molar-refractivity contribution in [1.29, 1.82) is 0 Å². The van der Waals surface area contributed by atoms with Crippen LogP contribution in [-0.2, 0) is 35.6 Å². The third-order valence-corrected chi connectivity index (χ3v) is 17.8.